The van der Waals surface area contributed by atoms with Crippen LogP contribution in [0.5, 0.6) is 5.75 Å². The molecule has 0 aliphatic carbocycles. The van der Waals surface area contributed by atoms with Gasteiger partial charge in [-0.05, 0) is 50.2 Å². The van der Waals surface area contributed by atoms with Gasteiger partial charge in [0.1, 0.15) is 11.2 Å². The molecule has 2 aliphatic rings. The van der Waals surface area contributed by atoms with Gasteiger partial charge in [-0.15, -0.1) is 0 Å². The van der Waals surface area contributed by atoms with Crippen LogP contribution in [0.15, 0.2) is 48.5 Å². The molecule has 1 saturated heterocycles. The molecule has 156 valence electrons. The van der Waals surface area contributed by atoms with Crippen LogP contribution in [0.2, 0.25) is 0 Å². The molecule has 30 heavy (non-hydrogen) atoms. The fraction of sp³-hybridized carbons (Fsp3) is 0.400. The fourth-order valence-electron chi connectivity index (χ4n) is 5.89. The maximum Gasteiger partial charge on any atom is 0.316 e. The molecule has 0 bridgehead atoms. The summed E-state index contributed by atoms with van der Waals surface area (Å²) in [5, 5.41) is 1.27. The van der Waals surface area contributed by atoms with Gasteiger partial charge in [0, 0.05) is 35.6 Å². The quantitative estimate of drug-likeness (QED) is 0.609. The number of ether oxygens (including phenoxy) is 2. The second-order valence-corrected chi connectivity index (χ2v) is 8.54. The number of carbonyl (C=O) groups is 1. The van der Waals surface area contributed by atoms with Gasteiger partial charge >= 0.3 is 5.97 Å². The number of para-hydroxylation sites is 1. The molecule has 0 radical (unpaired) electrons. The molecule has 0 amide bonds. The molecule has 5 heteroatoms. The van der Waals surface area contributed by atoms with Crippen molar-refractivity contribution >= 4 is 16.9 Å². The largest absolute Gasteiger partial charge is 0.497 e. The number of benzene rings is 2. The van der Waals surface area contributed by atoms with Crippen LogP contribution < -0.4 is 4.74 Å². The summed E-state index contributed by atoms with van der Waals surface area (Å²) < 4.78 is 13.4. The molecule has 1 aromatic heterocycles. The number of hydrogen-bond donors (Lipinski definition) is 0. The van der Waals surface area contributed by atoms with E-state index in [1.54, 1.807) is 7.11 Å². The van der Waals surface area contributed by atoms with E-state index in [-0.39, 0.29) is 17.9 Å². The maximum atomic E-state index is 13.6. The van der Waals surface area contributed by atoms with Gasteiger partial charge in [-0.25, -0.2) is 0 Å². The zero-order valence-corrected chi connectivity index (χ0v) is 18.0. The van der Waals surface area contributed by atoms with Crippen LogP contribution in [-0.4, -0.2) is 42.7 Å². The number of hydrogen-bond acceptors (Lipinski definition) is 4. The predicted octanol–water partition coefficient (Wildman–Crippen LogP) is 4.29. The number of likely N-dealkylation sites (tertiary alicyclic amines) is 1. The Hall–Kier alpha value is -2.79. The third-order valence-electron chi connectivity index (χ3n) is 7.15. The highest BCUT2D eigenvalue weighted by Gasteiger charge is 2.64. The molecule has 1 fully saturated rings. The van der Waals surface area contributed by atoms with Crippen molar-refractivity contribution in [3.8, 4) is 5.75 Å². The van der Waals surface area contributed by atoms with E-state index in [4.69, 9.17) is 9.47 Å². The Morgan fingerprint density at radius 1 is 1.17 bits per heavy atom. The number of aryl methyl sites for hydroxylation is 1. The van der Waals surface area contributed by atoms with Crippen LogP contribution in [0.4, 0.5) is 0 Å². The number of likely N-dealkylation sites (N-methyl/N-ethyl adjacent to an activating group) is 1. The minimum atomic E-state index is -0.635. The van der Waals surface area contributed by atoms with E-state index in [9.17, 15) is 4.79 Å². The zero-order chi connectivity index (χ0) is 21.0. The van der Waals surface area contributed by atoms with E-state index in [2.05, 4.69) is 59.8 Å². The lowest BCUT2D eigenvalue weighted by molar-refractivity contribution is -0.157. The molecular weight excluding hydrogens is 376 g/mol. The molecule has 2 aliphatic heterocycles. The number of methoxy groups -OCH3 is 1. The summed E-state index contributed by atoms with van der Waals surface area (Å²) >= 11 is 0. The van der Waals surface area contributed by atoms with Crippen LogP contribution in [0.1, 0.15) is 35.7 Å². The third-order valence-corrected chi connectivity index (χ3v) is 7.15. The van der Waals surface area contributed by atoms with Crippen LogP contribution in [0.25, 0.3) is 10.9 Å². The number of nitrogens with zero attached hydrogens (tertiary/aromatic N) is 2. The Kier molecular flexibility index (Phi) is 4.40. The van der Waals surface area contributed by atoms with Gasteiger partial charge in [0.15, 0.2) is 0 Å². The molecule has 5 rings (SSSR count). The number of esters is 1. The predicted molar refractivity (Wildman–Crippen MR) is 117 cm³/mol. The van der Waals surface area contributed by atoms with Crippen LogP contribution in [0, 0.1) is 12.3 Å². The number of aromatic nitrogens is 1. The molecule has 0 spiro atoms. The van der Waals surface area contributed by atoms with E-state index in [0.29, 0.717) is 13.2 Å². The Morgan fingerprint density at radius 2 is 1.90 bits per heavy atom. The highest BCUT2D eigenvalue weighted by atomic mass is 16.5. The summed E-state index contributed by atoms with van der Waals surface area (Å²) in [6, 6.07) is 16.7. The zero-order valence-electron chi connectivity index (χ0n) is 18.0. The van der Waals surface area contributed by atoms with E-state index in [1.165, 1.54) is 22.2 Å². The monoisotopic (exact) mass is 404 g/mol. The highest BCUT2D eigenvalue weighted by Crippen LogP contribution is 2.61. The van der Waals surface area contributed by atoms with Crippen LogP contribution in [0.3, 0.4) is 0 Å². The Labute approximate surface area is 177 Å². The average Bonchev–Trinajstić information content (AvgIpc) is 3.36. The topological polar surface area (TPSA) is 43.7 Å². The van der Waals surface area contributed by atoms with Crippen molar-refractivity contribution in [2.45, 2.75) is 32.4 Å². The SMILES string of the molecule is CCOC(=O)C12Cn3c(c(C)c4ccccc43)[C@@H]1N(C)C[C@@H]2c1ccc(OC)cc1. The molecule has 0 N–H and O–H groups in total. The lowest BCUT2D eigenvalue weighted by Gasteiger charge is -2.33. The van der Waals surface area contributed by atoms with Gasteiger partial charge in [0.05, 0.1) is 19.8 Å². The first kappa shape index (κ1) is 19.2. The van der Waals surface area contributed by atoms with E-state index < -0.39 is 5.41 Å². The lowest BCUT2D eigenvalue weighted by atomic mass is 9.70. The Balaban J connectivity index is 1.70. The average molecular weight is 405 g/mol. The van der Waals surface area contributed by atoms with Gasteiger partial charge in [-0.3, -0.25) is 9.69 Å². The van der Waals surface area contributed by atoms with Gasteiger partial charge in [-0.1, -0.05) is 30.3 Å². The molecule has 5 nitrogen and oxygen atoms in total. The molecule has 3 atom stereocenters. The maximum absolute atomic E-state index is 13.6. The molecule has 2 aromatic carbocycles. The van der Waals surface area contributed by atoms with Gasteiger partial charge in [0.2, 0.25) is 0 Å². The highest BCUT2D eigenvalue weighted by molar-refractivity contribution is 5.89. The summed E-state index contributed by atoms with van der Waals surface area (Å²) in [5.41, 5.74) is 4.24. The molecular formula is C25H28N2O3. The minimum Gasteiger partial charge on any atom is -0.497 e. The first-order valence-electron chi connectivity index (χ1n) is 10.6. The standard InChI is InChI=1S/C25H28N2O3/c1-5-30-24(28)25-15-27-21-9-7-6-8-19(21)16(2)22(27)23(25)26(3)14-20(25)17-10-12-18(29-4)13-11-17/h6-13,20,23H,5,14-15H2,1-4H3/t20-,23+,25?/m1/s1. The minimum absolute atomic E-state index is 0.00366. The summed E-state index contributed by atoms with van der Waals surface area (Å²) in [5.74, 6) is 0.786. The molecule has 0 saturated carbocycles. The van der Waals surface area contributed by atoms with Crippen molar-refractivity contribution in [3.63, 3.8) is 0 Å². The molecule has 1 unspecified atom stereocenters. The van der Waals surface area contributed by atoms with Crippen molar-refractivity contribution in [2.24, 2.45) is 5.41 Å². The first-order valence-corrected chi connectivity index (χ1v) is 10.6. The summed E-state index contributed by atoms with van der Waals surface area (Å²) in [4.78, 5) is 16.0. The summed E-state index contributed by atoms with van der Waals surface area (Å²) in [6.45, 7) is 5.92. The van der Waals surface area contributed by atoms with Gasteiger partial charge in [0.25, 0.3) is 0 Å². The fourth-order valence-corrected chi connectivity index (χ4v) is 5.89. The van der Waals surface area contributed by atoms with Crippen molar-refractivity contribution in [3.05, 3.63) is 65.4 Å². The van der Waals surface area contributed by atoms with Gasteiger partial charge < -0.3 is 14.0 Å². The first-order chi connectivity index (χ1) is 14.5. The number of rotatable bonds is 4. The molecule has 3 aromatic rings. The van der Waals surface area contributed by atoms with E-state index in [1.807, 2.05) is 19.1 Å². The third kappa shape index (κ3) is 2.42. The van der Waals surface area contributed by atoms with Crippen molar-refractivity contribution < 1.29 is 14.3 Å². The van der Waals surface area contributed by atoms with Crippen molar-refractivity contribution in [1.29, 1.82) is 0 Å². The summed E-state index contributed by atoms with van der Waals surface area (Å²) in [6.07, 6.45) is 0. The van der Waals surface area contributed by atoms with Crippen LogP contribution in [-0.2, 0) is 16.1 Å². The number of carbonyl (C=O) groups excluding carboxylic acids is 1. The molecule has 3 heterocycles. The van der Waals surface area contributed by atoms with Crippen LogP contribution >= 0.6 is 0 Å². The summed E-state index contributed by atoms with van der Waals surface area (Å²) in [7, 11) is 3.81. The number of fused-ring (bicyclic) bond motifs is 5. The normalized spacial score (nSPS) is 25.3. The second kappa shape index (κ2) is 6.88. The van der Waals surface area contributed by atoms with E-state index >= 15 is 0 Å². The lowest BCUT2D eigenvalue weighted by Crippen LogP contribution is -2.40. The smallest absolute Gasteiger partial charge is 0.316 e. The van der Waals surface area contributed by atoms with Gasteiger partial charge in [-0.2, -0.15) is 0 Å². The van der Waals surface area contributed by atoms with Crippen molar-refractivity contribution in [2.75, 3.05) is 27.3 Å². The van der Waals surface area contributed by atoms with Crippen molar-refractivity contribution in [1.82, 2.24) is 9.47 Å². The Morgan fingerprint density at radius 3 is 2.60 bits per heavy atom. The Bertz CT molecular complexity index is 1120. The van der Waals surface area contributed by atoms with E-state index in [0.717, 1.165) is 17.9 Å². The second-order valence-electron chi connectivity index (χ2n) is 8.54.